The van der Waals surface area contributed by atoms with Gasteiger partial charge in [0.1, 0.15) is 0 Å². The van der Waals surface area contributed by atoms with Crippen molar-refractivity contribution in [3.05, 3.63) is 71.6 Å². The second-order valence-electron chi connectivity index (χ2n) is 4.18. The largest absolute Gasteiger partial charge is 0.272 e. The summed E-state index contributed by atoms with van der Waals surface area (Å²) < 4.78 is 0. The first kappa shape index (κ1) is 13.7. The molecule has 0 spiro atoms. The van der Waals surface area contributed by atoms with E-state index in [1.807, 2.05) is 43.3 Å². The van der Waals surface area contributed by atoms with Gasteiger partial charge in [-0.25, -0.2) is 5.43 Å². The molecule has 0 saturated carbocycles. The zero-order valence-electron chi connectivity index (χ0n) is 11.2. The smallest absolute Gasteiger partial charge is 0.267 e. The molecule has 0 unspecified atom stereocenters. The van der Waals surface area contributed by atoms with Gasteiger partial charge in [0.15, 0.2) is 0 Å². The molecule has 4 heteroatoms. The number of hydrogen-bond acceptors (Lipinski definition) is 3. The van der Waals surface area contributed by atoms with E-state index in [2.05, 4.69) is 15.5 Å². The molecule has 1 N–H and O–H groups in total. The lowest BCUT2D eigenvalue weighted by Crippen LogP contribution is -2.17. The summed E-state index contributed by atoms with van der Waals surface area (Å²) in [5.41, 5.74) is 4.88. The molecule has 4 nitrogen and oxygen atoms in total. The predicted octanol–water partition coefficient (Wildman–Crippen LogP) is 2.82. The molecule has 2 aromatic rings. The molecule has 1 heterocycles. The first-order valence-corrected chi connectivity index (χ1v) is 6.23. The standard InChI is InChI=1S/C16H15N3O/c1-13-9-10-15(12-17-13)16(20)19-18-11-5-8-14-6-3-2-4-7-14/h2-12H,1H3,(H,19,20)/b8-5+,18-11+. The molecular formula is C16H15N3O. The summed E-state index contributed by atoms with van der Waals surface area (Å²) in [5.74, 6) is -0.276. The number of nitrogens with zero attached hydrogens (tertiary/aromatic N) is 2. The van der Waals surface area contributed by atoms with Crippen LogP contribution in [0, 0.1) is 6.92 Å². The second kappa shape index (κ2) is 6.99. The molecule has 0 saturated heterocycles. The lowest BCUT2D eigenvalue weighted by Gasteiger charge is -1.98. The number of benzene rings is 1. The summed E-state index contributed by atoms with van der Waals surface area (Å²) in [6.07, 6.45) is 6.73. The predicted molar refractivity (Wildman–Crippen MR) is 80.4 cm³/mol. The van der Waals surface area contributed by atoms with Gasteiger partial charge in [0.2, 0.25) is 0 Å². The summed E-state index contributed by atoms with van der Waals surface area (Å²) in [6.45, 7) is 1.87. The molecule has 0 aliphatic carbocycles. The van der Waals surface area contributed by atoms with Gasteiger partial charge in [0, 0.05) is 18.1 Å². The summed E-state index contributed by atoms with van der Waals surface area (Å²) >= 11 is 0. The molecule has 1 aromatic carbocycles. The number of amides is 1. The highest BCUT2D eigenvalue weighted by atomic mass is 16.2. The van der Waals surface area contributed by atoms with Gasteiger partial charge in [-0.15, -0.1) is 0 Å². The minimum Gasteiger partial charge on any atom is -0.267 e. The van der Waals surface area contributed by atoms with Crippen LogP contribution in [-0.2, 0) is 0 Å². The third-order valence-electron chi connectivity index (χ3n) is 2.59. The molecular weight excluding hydrogens is 250 g/mol. The molecule has 2 rings (SSSR count). The van der Waals surface area contributed by atoms with Crippen molar-refractivity contribution in [2.75, 3.05) is 0 Å². The van der Waals surface area contributed by atoms with Crippen LogP contribution in [0.2, 0.25) is 0 Å². The zero-order valence-corrected chi connectivity index (χ0v) is 11.2. The first-order chi connectivity index (χ1) is 9.75. The number of hydrogen-bond donors (Lipinski definition) is 1. The summed E-state index contributed by atoms with van der Waals surface area (Å²) in [6, 6.07) is 13.4. The van der Waals surface area contributed by atoms with Gasteiger partial charge in [0.25, 0.3) is 5.91 Å². The highest BCUT2D eigenvalue weighted by molar-refractivity contribution is 5.94. The lowest BCUT2D eigenvalue weighted by molar-refractivity contribution is 0.0955. The van der Waals surface area contributed by atoms with Gasteiger partial charge < -0.3 is 0 Å². The average molecular weight is 265 g/mol. The summed E-state index contributed by atoms with van der Waals surface area (Å²) in [5, 5.41) is 3.85. The number of hydrazone groups is 1. The Balaban J connectivity index is 1.86. The van der Waals surface area contributed by atoms with Crippen LogP contribution in [0.25, 0.3) is 6.08 Å². The van der Waals surface area contributed by atoms with Crippen molar-refractivity contribution in [3.8, 4) is 0 Å². The van der Waals surface area contributed by atoms with Gasteiger partial charge >= 0.3 is 0 Å². The maximum Gasteiger partial charge on any atom is 0.272 e. The topological polar surface area (TPSA) is 54.4 Å². The highest BCUT2D eigenvalue weighted by Crippen LogP contribution is 2.00. The van der Waals surface area contributed by atoms with E-state index in [1.165, 1.54) is 12.4 Å². The Morgan fingerprint density at radius 1 is 1.20 bits per heavy atom. The fourth-order valence-electron chi connectivity index (χ4n) is 1.52. The quantitative estimate of drug-likeness (QED) is 0.682. The number of pyridine rings is 1. The molecule has 1 amide bonds. The molecule has 0 radical (unpaired) electrons. The Hall–Kier alpha value is -2.75. The first-order valence-electron chi connectivity index (χ1n) is 6.23. The Morgan fingerprint density at radius 3 is 2.70 bits per heavy atom. The van der Waals surface area contributed by atoms with Crippen molar-refractivity contribution in [1.82, 2.24) is 10.4 Å². The maximum absolute atomic E-state index is 11.7. The van der Waals surface area contributed by atoms with E-state index in [1.54, 1.807) is 18.2 Å². The van der Waals surface area contributed by atoms with Crippen LogP contribution in [0.15, 0.2) is 59.8 Å². The number of carbonyl (C=O) groups is 1. The van der Waals surface area contributed by atoms with Crippen molar-refractivity contribution in [1.29, 1.82) is 0 Å². The van der Waals surface area contributed by atoms with Crippen molar-refractivity contribution < 1.29 is 4.79 Å². The van der Waals surface area contributed by atoms with Crippen LogP contribution >= 0.6 is 0 Å². The Bertz CT molecular complexity index is 616. The van der Waals surface area contributed by atoms with Crippen LogP contribution < -0.4 is 5.43 Å². The molecule has 0 aliphatic rings. The summed E-state index contributed by atoms with van der Waals surface area (Å²) in [4.78, 5) is 15.8. The average Bonchev–Trinajstić information content (AvgIpc) is 2.48. The molecule has 100 valence electrons. The Morgan fingerprint density at radius 2 is 2.00 bits per heavy atom. The van der Waals surface area contributed by atoms with Crippen molar-refractivity contribution in [2.24, 2.45) is 5.10 Å². The maximum atomic E-state index is 11.7. The van der Waals surface area contributed by atoms with Crippen LogP contribution in [0.3, 0.4) is 0 Å². The molecule has 0 fully saturated rings. The molecule has 20 heavy (non-hydrogen) atoms. The van der Waals surface area contributed by atoms with Gasteiger partial charge in [-0.2, -0.15) is 5.10 Å². The van der Waals surface area contributed by atoms with Gasteiger partial charge in [0.05, 0.1) is 5.56 Å². The third kappa shape index (κ3) is 4.17. The van der Waals surface area contributed by atoms with E-state index in [0.717, 1.165) is 11.3 Å². The fourth-order valence-corrected chi connectivity index (χ4v) is 1.52. The van der Waals surface area contributed by atoms with Crippen LogP contribution in [0.5, 0.6) is 0 Å². The van der Waals surface area contributed by atoms with E-state index >= 15 is 0 Å². The number of nitrogens with one attached hydrogen (secondary N) is 1. The number of carbonyl (C=O) groups excluding carboxylic acids is 1. The van der Waals surface area contributed by atoms with E-state index in [4.69, 9.17) is 0 Å². The van der Waals surface area contributed by atoms with Crippen LogP contribution in [0.4, 0.5) is 0 Å². The Kier molecular flexibility index (Phi) is 4.78. The zero-order chi connectivity index (χ0) is 14.2. The van der Waals surface area contributed by atoms with E-state index < -0.39 is 0 Å². The normalized spacial score (nSPS) is 11.1. The molecule has 1 aromatic heterocycles. The SMILES string of the molecule is Cc1ccc(C(=O)N/N=C/C=C/c2ccccc2)cn1. The monoisotopic (exact) mass is 265 g/mol. The molecule has 0 aliphatic heterocycles. The number of rotatable bonds is 4. The number of aryl methyl sites for hydroxylation is 1. The number of allylic oxidation sites excluding steroid dienone is 1. The Labute approximate surface area is 117 Å². The fraction of sp³-hybridized carbons (Fsp3) is 0.0625. The van der Waals surface area contributed by atoms with E-state index in [9.17, 15) is 4.79 Å². The van der Waals surface area contributed by atoms with Crippen molar-refractivity contribution >= 4 is 18.2 Å². The van der Waals surface area contributed by atoms with E-state index in [-0.39, 0.29) is 5.91 Å². The van der Waals surface area contributed by atoms with Crippen LogP contribution in [0.1, 0.15) is 21.6 Å². The second-order valence-corrected chi connectivity index (χ2v) is 4.18. The molecule has 0 atom stereocenters. The lowest BCUT2D eigenvalue weighted by atomic mass is 10.2. The molecule has 0 bridgehead atoms. The minimum absolute atomic E-state index is 0.276. The van der Waals surface area contributed by atoms with Crippen molar-refractivity contribution in [3.63, 3.8) is 0 Å². The van der Waals surface area contributed by atoms with Gasteiger partial charge in [-0.3, -0.25) is 9.78 Å². The van der Waals surface area contributed by atoms with Gasteiger partial charge in [-0.05, 0) is 30.7 Å². The van der Waals surface area contributed by atoms with E-state index in [0.29, 0.717) is 5.56 Å². The van der Waals surface area contributed by atoms with Crippen molar-refractivity contribution in [2.45, 2.75) is 6.92 Å². The minimum atomic E-state index is -0.276. The van der Waals surface area contributed by atoms with Crippen LogP contribution in [-0.4, -0.2) is 17.1 Å². The van der Waals surface area contributed by atoms with Gasteiger partial charge in [-0.1, -0.05) is 36.4 Å². The third-order valence-corrected chi connectivity index (χ3v) is 2.59. The highest BCUT2D eigenvalue weighted by Gasteiger charge is 2.02. The summed E-state index contributed by atoms with van der Waals surface area (Å²) in [7, 11) is 0. The number of aromatic nitrogens is 1.